The van der Waals surface area contributed by atoms with Crippen LogP contribution in [0.5, 0.6) is 0 Å². The van der Waals surface area contributed by atoms with E-state index in [4.69, 9.17) is 10.8 Å². The molecule has 1 atom stereocenters. The Morgan fingerprint density at radius 1 is 1.17 bits per heavy atom. The van der Waals surface area contributed by atoms with Gasteiger partial charge in [0, 0.05) is 5.56 Å². The number of nitrogens with two attached hydrogens (primary N) is 1. The van der Waals surface area contributed by atoms with Gasteiger partial charge in [-0.05, 0) is 37.1 Å². The van der Waals surface area contributed by atoms with Crippen LogP contribution in [0.15, 0.2) is 53.3 Å². The molecule has 3 N–H and O–H groups in total. The highest BCUT2D eigenvalue weighted by Crippen LogP contribution is 2.18. The first-order chi connectivity index (χ1) is 11.1. The zero-order chi connectivity index (χ0) is 16.4. The molecule has 0 saturated heterocycles. The maximum absolute atomic E-state index is 13.1. The molecule has 114 valence electrons. The number of hydrogen-bond acceptors (Lipinski definition) is 4. The SMILES string of the molecule is C[C@H](N)c1nc2cccc(C#CO)c2c(=O)n1-c1ccccc1. The quantitative estimate of drug-likeness (QED) is 0.710. The molecule has 0 saturated carbocycles. The van der Waals surface area contributed by atoms with Gasteiger partial charge in [0.15, 0.2) is 0 Å². The highest BCUT2D eigenvalue weighted by Gasteiger charge is 2.17. The smallest absolute Gasteiger partial charge is 0.267 e. The summed E-state index contributed by atoms with van der Waals surface area (Å²) >= 11 is 0. The largest absolute Gasteiger partial charge is 0.462 e. The first-order valence-electron chi connectivity index (χ1n) is 7.15. The van der Waals surface area contributed by atoms with Crippen LogP contribution in [-0.2, 0) is 0 Å². The van der Waals surface area contributed by atoms with E-state index in [0.29, 0.717) is 28.0 Å². The number of fused-ring (bicyclic) bond motifs is 1. The van der Waals surface area contributed by atoms with Crippen LogP contribution >= 0.6 is 0 Å². The monoisotopic (exact) mass is 305 g/mol. The lowest BCUT2D eigenvalue weighted by Crippen LogP contribution is -2.27. The number of aliphatic hydroxyl groups excluding tert-OH is 1. The van der Waals surface area contributed by atoms with Gasteiger partial charge in [0.05, 0.1) is 22.6 Å². The Morgan fingerprint density at radius 2 is 1.91 bits per heavy atom. The van der Waals surface area contributed by atoms with E-state index in [-0.39, 0.29) is 5.56 Å². The van der Waals surface area contributed by atoms with Gasteiger partial charge in [0.25, 0.3) is 5.56 Å². The second-order valence-electron chi connectivity index (χ2n) is 5.17. The van der Waals surface area contributed by atoms with Crippen LogP contribution in [0.4, 0.5) is 0 Å². The molecule has 23 heavy (non-hydrogen) atoms. The predicted molar refractivity (Wildman–Crippen MR) is 88.8 cm³/mol. The van der Waals surface area contributed by atoms with Crippen LogP contribution in [0, 0.1) is 12.0 Å². The molecule has 1 heterocycles. The summed E-state index contributed by atoms with van der Waals surface area (Å²) in [4.78, 5) is 17.6. The van der Waals surface area contributed by atoms with Gasteiger partial charge in [0.1, 0.15) is 11.9 Å². The lowest BCUT2D eigenvalue weighted by Gasteiger charge is -2.16. The molecular weight excluding hydrogens is 290 g/mol. The van der Waals surface area contributed by atoms with E-state index in [1.165, 1.54) is 4.57 Å². The molecule has 0 amide bonds. The fourth-order valence-corrected chi connectivity index (χ4v) is 2.54. The summed E-state index contributed by atoms with van der Waals surface area (Å²) in [6, 6.07) is 13.9. The molecule has 0 unspecified atom stereocenters. The van der Waals surface area contributed by atoms with Crippen LogP contribution in [-0.4, -0.2) is 14.7 Å². The normalized spacial score (nSPS) is 11.7. The van der Waals surface area contributed by atoms with E-state index in [9.17, 15) is 4.79 Å². The van der Waals surface area contributed by atoms with Crippen LogP contribution in [0.2, 0.25) is 0 Å². The number of hydrogen-bond donors (Lipinski definition) is 2. The minimum Gasteiger partial charge on any atom is -0.462 e. The molecule has 0 radical (unpaired) electrons. The van der Waals surface area contributed by atoms with Crippen molar-refractivity contribution in [2.75, 3.05) is 0 Å². The molecule has 0 aliphatic carbocycles. The Labute approximate surface area is 133 Å². The van der Waals surface area contributed by atoms with Crippen LogP contribution in [0.25, 0.3) is 16.6 Å². The zero-order valence-corrected chi connectivity index (χ0v) is 12.5. The number of para-hydroxylation sites is 1. The van der Waals surface area contributed by atoms with Crippen LogP contribution in [0.1, 0.15) is 24.4 Å². The molecule has 0 fully saturated rings. The second-order valence-corrected chi connectivity index (χ2v) is 5.17. The number of benzene rings is 2. The summed E-state index contributed by atoms with van der Waals surface area (Å²) < 4.78 is 1.50. The van der Waals surface area contributed by atoms with Gasteiger partial charge in [-0.3, -0.25) is 9.36 Å². The summed E-state index contributed by atoms with van der Waals surface area (Å²) in [5.74, 6) is 3.01. The summed E-state index contributed by atoms with van der Waals surface area (Å²) in [7, 11) is 0. The van der Waals surface area contributed by atoms with E-state index in [0.717, 1.165) is 0 Å². The van der Waals surface area contributed by atoms with E-state index in [1.807, 2.05) is 36.4 Å². The average Bonchev–Trinajstić information content (AvgIpc) is 2.55. The first-order valence-corrected chi connectivity index (χ1v) is 7.15. The van der Waals surface area contributed by atoms with Crippen molar-refractivity contribution in [3.8, 4) is 17.7 Å². The maximum Gasteiger partial charge on any atom is 0.267 e. The van der Waals surface area contributed by atoms with Crippen molar-refractivity contribution in [2.24, 2.45) is 5.73 Å². The van der Waals surface area contributed by atoms with E-state index >= 15 is 0 Å². The van der Waals surface area contributed by atoms with E-state index in [1.54, 1.807) is 25.1 Å². The van der Waals surface area contributed by atoms with Gasteiger partial charge in [0.2, 0.25) is 0 Å². The summed E-state index contributed by atoms with van der Waals surface area (Å²) in [6.45, 7) is 1.78. The molecule has 5 heteroatoms. The molecule has 5 nitrogen and oxygen atoms in total. The second kappa shape index (κ2) is 5.95. The van der Waals surface area contributed by atoms with Crippen molar-refractivity contribution in [3.05, 3.63) is 70.3 Å². The van der Waals surface area contributed by atoms with Gasteiger partial charge in [-0.15, -0.1) is 0 Å². The van der Waals surface area contributed by atoms with Crippen LogP contribution in [0.3, 0.4) is 0 Å². The predicted octanol–water partition coefficient (Wildman–Crippen LogP) is 2.09. The third kappa shape index (κ3) is 2.56. The average molecular weight is 305 g/mol. The van der Waals surface area contributed by atoms with Gasteiger partial charge in [-0.1, -0.05) is 24.3 Å². The molecule has 3 aromatic rings. The van der Waals surface area contributed by atoms with Crippen molar-refractivity contribution in [2.45, 2.75) is 13.0 Å². The van der Waals surface area contributed by atoms with Gasteiger partial charge in [-0.2, -0.15) is 0 Å². The molecule has 1 aromatic heterocycles. The third-order valence-electron chi connectivity index (χ3n) is 3.54. The Hall–Kier alpha value is -3.10. The molecule has 3 rings (SSSR count). The molecular formula is C18H15N3O2. The van der Waals surface area contributed by atoms with E-state index in [2.05, 4.69) is 10.9 Å². The molecule has 0 bridgehead atoms. The third-order valence-corrected chi connectivity index (χ3v) is 3.54. The molecule has 0 spiro atoms. The Balaban J connectivity index is 2.48. The van der Waals surface area contributed by atoms with Gasteiger partial charge in [-0.25, -0.2) is 4.98 Å². The van der Waals surface area contributed by atoms with Gasteiger partial charge >= 0.3 is 0 Å². The summed E-state index contributed by atoms with van der Waals surface area (Å²) in [6.07, 6.45) is 1.85. The van der Waals surface area contributed by atoms with Gasteiger partial charge < -0.3 is 10.8 Å². The van der Waals surface area contributed by atoms with Crippen LogP contribution < -0.4 is 11.3 Å². The number of aliphatic hydroxyl groups is 1. The van der Waals surface area contributed by atoms with Crippen molar-refractivity contribution in [1.82, 2.24) is 9.55 Å². The molecule has 0 aliphatic heterocycles. The topological polar surface area (TPSA) is 81.1 Å². The van der Waals surface area contributed by atoms with E-state index < -0.39 is 6.04 Å². The Kier molecular flexibility index (Phi) is 3.83. The number of nitrogens with zero attached hydrogens (tertiary/aromatic N) is 2. The van der Waals surface area contributed by atoms with Crippen molar-refractivity contribution in [1.29, 1.82) is 0 Å². The lowest BCUT2D eigenvalue weighted by molar-refractivity contribution is 0.517. The van der Waals surface area contributed by atoms with Crippen molar-refractivity contribution >= 4 is 10.9 Å². The zero-order valence-electron chi connectivity index (χ0n) is 12.5. The molecule has 0 aliphatic rings. The minimum atomic E-state index is -0.417. The minimum absolute atomic E-state index is 0.258. The number of aromatic nitrogens is 2. The maximum atomic E-state index is 13.1. The molecule has 2 aromatic carbocycles. The summed E-state index contributed by atoms with van der Waals surface area (Å²) in [5, 5.41) is 9.25. The highest BCUT2D eigenvalue weighted by molar-refractivity contribution is 5.84. The van der Waals surface area contributed by atoms with Crippen molar-refractivity contribution < 1.29 is 5.11 Å². The van der Waals surface area contributed by atoms with Crippen molar-refractivity contribution in [3.63, 3.8) is 0 Å². The number of rotatable bonds is 2. The Morgan fingerprint density at radius 3 is 2.57 bits per heavy atom. The fraction of sp³-hybridized carbons (Fsp3) is 0.111. The fourth-order valence-electron chi connectivity index (χ4n) is 2.54. The standard InChI is InChI=1S/C18H15N3O2/c1-12(19)17-20-15-9-5-6-13(10-11-22)16(15)18(23)21(17)14-7-3-2-4-8-14/h2-9,12,22H,19H2,1H3/t12-/m0/s1. The highest BCUT2D eigenvalue weighted by atomic mass is 16.2. The lowest BCUT2D eigenvalue weighted by atomic mass is 10.1. The summed E-state index contributed by atoms with van der Waals surface area (Å²) in [5.41, 5.74) is 7.39. The Bertz CT molecular complexity index is 980. The first kappa shape index (κ1) is 14.8.